The highest BCUT2D eigenvalue weighted by Crippen LogP contribution is 2.29. The Balaban J connectivity index is 2.20. The molecule has 1 heterocycles. The van der Waals surface area contributed by atoms with Crippen molar-refractivity contribution < 1.29 is 5.11 Å². The van der Waals surface area contributed by atoms with E-state index >= 15 is 0 Å². The lowest BCUT2D eigenvalue weighted by Gasteiger charge is -2.24. The number of anilines is 1. The van der Waals surface area contributed by atoms with E-state index in [9.17, 15) is 5.11 Å². The number of hydrogen-bond donors (Lipinski definition) is 2. The number of hydrogen-bond acceptors (Lipinski definition) is 4. The fraction of sp³-hybridized carbons (Fsp3) is 0.222. The van der Waals surface area contributed by atoms with Gasteiger partial charge in [0.25, 0.3) is 0 Å². The Hall–Kier alpha value is -2.17. The third kappa shape index (κ3) is 3.44. The van der Waals surface area contributed by atoms with Crippen molar-refractivity contribution in [3.63, 3.8) is 0 Å². The van der Waals surface area contributed by atoms with Gasteiger partial charge in [0.05, 0.1) is 23.4 Å². The molecule has 0 bridgehead atoms. The van der Waals surface area contributed by atoms with Crippen molar-refractivity contribution in [2.24, 2.45) is 0 Å². The zero-order valence-corrected chi connectivity index (χ0v) is 13.8. The number of aliphatic hydroxyl groups excluding tert-OH is 1. The predicted octanol–water partition coefficient (Wildman–Crippen LogP) is 4.13. The standard InChI is InChI=1S/C18H18ClN3O/c1-18(2,11-23)22-17-20-15-9-8-13(19)10-14(15)16(21-17)12-6-4-3-5-7-12/h3-10,23H,11H2,1-2H3,(H,20,21,22). The van der Waals surface area contributed by atoms with Gasteiger partial charge in [-0.1, -0.05) is 41.9 Å². The molecule has 0 aliphatic carbocycles. The van der Waals surface area contributed by atoms with Crippen molar-refractivity contribution >= 4 is 28.5 Å². The number of halogens is 1. The lowest BCUT2D eigenvalue weighted by atomic mass is 10.1. The van der Waals surface area contributed by atoms with E-state index in [-0.39, 0.29) is 6.61 Å². The van der Waals surface area contributed by atoms with Crippen LogP contribution < -0.4 is 5.32 Å². The largest absolute Gasteiger partial charge is 0.394 e. The van der Waals surface area contributed by atoms with Crippen LogP contribution in [0.3, 0.4) is 0 Å². The van der Waals surface area contributed by atoms with Gasteiger partial charge >= 0.3 is 0 Å². The van der Waals surface area contributed by atoms with Gasteiger partial charge in [-0.15, -0.1) is 0 Å². The van der Waals surface area contributed by atoms with Crippen LogP contribution in [-0.2, 0) is 0 Å². The van der Waals surface area contributed by atoms with Gasteiger partial charge in [-0.2, -0.15) is 0 Å². The SMILES string of the molecule is CC(C)(CO)Nc1nc(-c2ccccc2)c2cc(Cl)ccc2n1. The summed E-state index contributed by atoms with van der Waals surface area (Å²) in [7, 11) is 0. The second kappa shape index (κ2) is 6.14. The Morgan fingerprint density at radius 3 is 2.52 bits per heavy atom. The molecular formula is C18H18ClN3O. The second-order valence-corrected chi connectivity index (χ2v) is 6.53. The van der Waals surface area contributed by atoms with Crippen LogP contribution in [0.25, 0.3) is 22.2 Å². The summed E-state index contributed by atoms with van der Waals surface area (Å²) in [6.45, 7) is 3.77. The summed E-state index contributed by atoms with van der Waals surface area (Å²) < 4.78 is 0. The van der Waals surface area contributed by atoms with Crippen LogP contribution in [-0.4, -0.2) is 27.2 Å². The third-order valence-electron chi connectivity index (χ3n) is 3.55. The van der Waals surface area contributed by atoms with Crippen molar-refractivity contribution in [1.82, 2.24) is 9.97 Å². The van der Waals surface area contributed by atoms with E-state index in [4.69, 9.17) is 11.6 Å². The van der Waals surface area contributed by atoms with Gasteiger partial charge in [-0.05, 0) is 32.0 Å². The highest BCUT2D eigenvalue weighted by atomic mass is 35.5. The molecule has 2 aromatic carbocycles. The lowest BCUT2D eigenvalue weighted by Crippen LogP contribution is -2.35. The number of aromatic nitrogens is 2. The van der Waals surface area contributed by atoms with Crippen LogP contribution in [0.15, 0.2) is 48.5 Å². The van der Waals surface area contributed by atoms with E-state index in [1.165, 1.54) is 0 Å². The molecule has 0 atom stereocenters. The van der Waals surface area contributed by atoms with E-state index < -0.39 is 5.54 Å². The average Bonchev–Trinajstić information content (AvgIpc) is 2.55. The monoisotopic (exact) mass is 327 g/mol. The topological polar surface area (TPSA) is 58.0 Å². The summed E-state index contributed by atoms with van der Waals surface area (Å²) in [5.74, 6) is 0.484. The number of fused-ring (bicyclic) bond motifs is 1. The number of aliphatic hydroxyl groups is 1. The van der Waals surface area contributed by atoms with E-state index in [1.54, 1.807) is 0 Å². The smallest absolute Gasteiger partial charge is 0.224 e. The van der Waals surface area contributed by atoms with Crippen LogP contribution in [0.5, 0.6) is 0 Å². The third-order valence-corrected chi connectivity index (χ3v) is 3.79. The maximum atomic E-state index is 9.46. The Morgan fingerprint density at radius 1 is 1.09 bits per heavy atom. The molecule has 0 amide bonds. The first kappa shape index (κ1) is 15.7. The molecule has 23 heavy (non-hydrogen) atoms. The number of nitrogens with one attached hydrogen (secondary N) is 1. The molecule has 3 rings (SSSR count). The average molecular weight is 328 g/mol. The summed E-state index contributed by atoms with van der Waals surface area (Å²) in [5.41, 5.74) is 2.11. The summed E-state index contributed by atoms with van der Waals surface area (Å²) in [6, 6.07) is 15.5. The minimum atomic E-state index is -0.506. The Kier molecular flexibility index (Phi) is 4.20. The van der Waals surface area contributed by atoms with Gasteiger partial charge in [0.1, 0.15) is 0 Å². The van der Waals surface area contributed by atoms with Crippen molar-refractivity contribution in [1.29, 1.82) is 0 Å². The van der Waals surface area contributed by atoms with Crippen LogP contribution in [0.2, 0.25) is 5.02 Å². The zero-order valence-electron chi connectivity index (χ0n) is 13.0. The molecule has 5 heteroatoms. The molecule has 0 aliphatic rings. The molecule has 2 N–H and O–H groups in total. The summed E-state index contributed by atoms with van der Waals surface area (Å²) in [6.07, 6.45) is 0. The molecule has 1 aromatic heterocycles. The first-order chi connectivity index (χ1) is 11.0. The van der Waals surface area contributed by atoms with Crippen LogP contribution in [0, 0.1) is 0 Å². The van der Waals surface area contributed by atoms with E-state index in [0.29, 0.717) is 11.0 Å². The van der Waals surface area contributed by atoms with E-state index in [2.05, 4.69) is 15.3 Å². The van der Waals surface area contributed by atoms with Crippen molar-refractivity contribution in [2.75, 3.05) is 11.9 Å². The fourth-order valence-electron chi connectivity index (χ4n) is 2.31. The lowest BCUT2D eigenvalue weighted by molar-refractivity contribution is 0.233. The van der Waals surface area contributed by atoms with E-state index in [0.717, 1.165) is 22.2 Å². The molecule has 0 spiro atoms. The molecule has 0 saturated heterocycles. The molecule has 118 valence electrons. The second-order valence-electron chi connectivity index (χ2n) is 6.09. The van der Waals surface area contributed by atoms with Gasteiger partial charge < -0.3 is 10.4 Å². The number of nitrogens with zero attached hydrogens (tertiary/aromatic N) is 2. The Morgan fingerprint density at radius 2 is 1.83 bits per heavy atom. The molecule has 0 radical (unpaired) electrons. The number of rotatable bonds is 4. The number of benzene rings is 2. The first-order valence-corrected chi connectivity index (χ1v) is 7.78. The Labute approximate surface area is 140 Å². The summed E-state index contributed by atoms with van der Waals surface area (Å²) >= 11 is 6.14. The molecule has 0 saturated carbocycles. The highest BCUT2D eigenvalue weighted by molar-refractivity contribution is 6.31. The van der Waals surface area contributed by atoms with Gasteiger partial charge in [0.2, 0.25) is 5.95 Å². The van der Waals surface area contributed by atoms with Gasteiger partial charge in [-0.25, -0.2) is 9.97 Å². The maximum Gasteiger partial charge on any atom is 0.224 e. The molecular weight excluding hydrogens is 310 g/mol. The Bertz CT molecular complexity index is 834. The fourth-order valence-corrected chi connectivity index (χ4v) is 2.49. The molecule has 3 aromatic rings. The van der Waals surface area contributed by atoms with Crippen LogP contribution in [0.1, 0.15) is 13.8 Å². The van der Waals surface area contributed by atoms with Crippen molar-refractivity contribution in [3.05, 3.63) is 53.6 Å². The molecule has 0 fully saturated rings. The van der Waals surface area contributed by atoms with E-state index in [1.807, 2.05) is 62.4 Å². The van der Waals surface area contributed by atoms with Gasteiger partial charge in [0, 0.05) is 16.0 Å². The van der Waals surface area contributed by atoms with Gasteiger partial charge in [-0.3, -0.25) is 0 Å². The molecule has 0 aliphatic heterocycles. The summed E-state index contributed by atoms with van der Waals surface area (Å²) in [4.78, 5) is 9.20. The summed E-state index contributed by atoms with van der Waals surface area (Å²) in [5, 5.41) is 14.2. The normalized spacial score (nSPS) is 11.7. The maximum absolute atomic E-state index is 9.46. The van der Waals surface area contributed by atoms with Crippen molar-refractivity contribution in [2.45, 2.75) is 19.4 Å². The molecule has 4 nitrogen and oxygen atoms in total. The van der Waals surface area contributed by atoms with Crippen molar-refractivity contribution in [3.8, 4) is 11.3 Å². The first-order valence-electron chi connectivity index (χ1n) is 7.40. The zero-order chi connectivity index (χ0) is 16.4. The predicted molar refractivity (Wildman–Crippen MR) is 94.8 cm³/mol. The molecule has 0 unspecified atom stereocenters. The van der Waals surface area contributed by atoms with Crippen LogP contribution in [0.4, 0.5) is 5.95 Å². The minimum absolute atomic E-state index is 0.0182. The van der Waals surface area contributed by atoms with Gasteiger partial charge in [0.15, 0.2) is 0 Å². The van der Waals surface area contributed by atoms with Crippen LogP contribution >= 0.6 is 11.6 Å². The highest BCUT2D eigenvalue weighted by Gasteiger charge is 2.19. The minimum Gasteiger partial charge on any atom is -0.394 e. The quantitative estimate of drug-likeness (QED) is 0.756.